The summed E-state index contributed by atoms with van der Waals surface area (Å²) >= 11 is 4.72. The molecule has 0 aliphatic heterocycles. The Hall–Kier alpha value is -0.890. The lowest BCUT2D eigenvalue weighted by Gasteiger charge is -2.09. The van der Waals surface area contributed by atoms with Gasteiger partial charge in [0.05, 0.1) is 0 Å². The van der Waals surface area contributed by atoms with Gasteiger partial charge in [-0.15, -0.1) is 11.3 Å². The van der Waals surface area contributed by atoms with Crippen molar-refractivity contribution in [3.05, 3.63) is 44.6 Å². The highest BCUT2D eigenvalue weighted by Crippen LogP contribution is 2.26. The second kappa shape index (κ2) is 5.62. The van der Waals surface area contributed by atoms with Gasteiger partial charge in [0, 0.05) is 21.6 Å². The number of hydrogen-bond acceptors (Lipinski definition) is 4. The number of thiophene rings is 1. The standard InChI is InChI=1S/C12H13BrN2O2S2/c1-8-6-9(2-3-10(8)13)15-19(16,17)12-4-5-18-11(12)7-14/h2-6,15H,7,14H2,1H3. The van der Waals surface area contributed by atoms with Crippen molar-refractivity contribution in [2.45, 2.75) is 18.4 Å². The van der Waals surface area contributed by atoms with Crippen molar-refractivity contribution >= 4 is 43.0 Å². The van der Waals surface area contributed by atoms with Crippen LogP contribution >= 0.6 is 27.3 Å². The Labute approximate surface area is 124 Å². The molecule has 102 valence electrons. The third-order valence-corrected chi connectivity index (χ3v) is 6.02. The van der Waals surface area contributed by atoms with Gasteiger partial charge in [-0.05, 0) is 42.1 Å². The topological polar surface area (TPSA) is 72.2 Å². The third-order valence-electron chi connectivity index (χ3n) is 2.59. The van der Waals surface area contributed by atoms with Crippen LogP contribution in [-0.4, -0.2) is 8.42 Å². The molecule has 3 N–H and O–H groups in total. The number of benzene rings is 1. The molecule has 0 aliphatic carbocycles. The molecule has 0 fully saturated rings. The lowest BCUT2D eigenvalue weighted by Crippen LogP contribution is -2.14. The fourth-order valence-corrected chi connectivity index (χ4v) is 4.27. The monoisotopic (exact) mass is 360 g/mol. The second-order valence-electron chi connectivity index (χ2n) is 3.98. The highest BCUT2D eigenvalue weighted by molar-refractivity contribution is 9.10. The highest BCUT2D eigenvalue weighted by atomic mass is 79.9. The summed E-state index contributed by atoms with van der Waals surface area (Å²) in [5, 5.41) is 1.73. The second-order valence-corrected chi connectivity index (χ2v) is 7.49. The summed E-state index contributed by atoms with van der Waals surface area (Å²) in [4.78, 5) is 0.905. The Morgan fingerprint density at radius 3 is 2.74 bits per heavy atom. The van der Waals surface area contributed by atoms with Crippen LogP contribution in [0.5, 0.6) is 0 Å². The number of hydrogen-bond donors (Lipinski definition) is 2. The first kappa shape index (κ1) is 14.5. The lowest BCUT2D eigenvalue weighted by atomic mass is 10.2. The third kappa shape index (κ3) is 3.17. The summed E-state index contributed by atoms with van der Waals surface area (Å²) in [5.41, 5.74) is 7.04. The van der Waals surface area contributed by atoms with Crippen LogP contribution in [0.4, 0.5) is 5.69 Å². The van der Waals surface area contributed by atoms with Gasteiger partial charge in [0.1, 0.15) is 4.90 Å². The average Bonchev–Trinajstić information content (AvgIpc) is 2.82. The van der Waals surface area contributed by atoms with Gasteiger partial charge in [-0.25, -0.2) is 8.42 Å². The molecule has 4 nitrogen and oxygen atoms in total. The van der Waals surface area contributed by atoms with Crippen LogP contribution < -0.4 is 10.5 Å². The zero-order valence-corrected chi connectivity index (χ0v) is 13.4. The van der Waals surface area contributed by atoms with Gasteiger partial charge < -0.3 is 5.73 Å². The Kier molecular flexibility index (Phi) is 4.29. The van der Waals surface area contributed by atoms with E-state index in [9.17, 15) is 8.42 Å². The van der Waals surface area contributed by atoms with Crippen molar-refractivity contribution in [1.29, 1.82) is 0 Å². The van der Waals surface area contributed by atoms with Gasteiger partial charge in [0.15, 0.2) is 0 Å². The molecule has 2 rings (SSSR count). The molecule has 19 heavy (non-hydrogen) atoms. The van der Waals surface area contributed by atoms with E-state index in [-0.39, 0.29) is 11.4 Å². The molecule has 0 saturated carbocycles. The minimum atomic E-state index is -3.58. The van der Waals surface area contributed by atoms with Crippen molar-refractivity contribution in [3.63, 3.8) is 0 Å². The maximum absolute atomic E-state index is 12.3. The highest BCUT2D eigenvalue weighted by Gasteiger charge is 2.19. The molecule has 0 amide bonds. The minimum Gasteiger partial charge on any atom is -0.326 e. The fourth-order valence-electron chi connectivity index (χ4n) is 1.64. The molecule has 1 aromatic heterocycles. The molecule has 7 heteroatoms. The number of nitrogens with two attached hydrogens (primary N) is 1. The van der Waals surface area contributed by atoms with E-state index in [2.05, 4.69) is 20.7 Å². The first-order chi connectivity index (χ1) is 8.94. The van der Waals surface area contributed by atoms with E-state index in [4.69, 9.17) is 5.73 Å². The molecule has 0 aliphatic rings. The van der Waals surface area contributed by atoms with Crippen molar-refractivity contribution in [3.8, 4) is 0 Å². The summed E-state index contributed by atoms with van der Waals surface area (Å²) in [6.07, 6.45) is 0. The van der Waals surface area contributed by atoms with Crippen LogP contribution in [0.1, 0.15) is 10.4 Å². The molecule has 1 heterocycles. The predicted molar refractivity (Wildman–Crippen MR) is 81.9 cm³/mol. The molecule has 0 radical (unpaired) electrons. The van der Waals surface area contributed by atoms with Gasteiger partial charge in [-0.3, -0.25) is 4.72 Å². The number of nitrogens with one attached hydrogen (secondary N) is 1. The Bertz CT molecular complexity index is 696. The number of anilines is 1. The molecule has 2 aromatic rings. The smallest absolute Gasteiger partial charge is 0.263 e. The van der Waals surface area contributed by atoms with Gasteiger partial charge in [-0.2, -0.15) is 0 Å². The fraction of sp³-hybridized carbons (Fsp3) is 0.167. The molecule has 0 unspecified atom stereocenters. The SMILES string of the molecule is Cc1cc(NS(=O)(=O)c2ccsc2CN)ccc1Br. The molecule has 0 atom stereocenters. The van der Waals surface area contributed by atoms with Crippen molar-refractivity contribution in [2.75, 3.05) is 4.72 Å². The van der Waals surface area contributed by atoms with E-state index in [1.165, 1.54) is 11.3 Å². The van der Waals surface area contributed by atoms with E-state index in [1.54, 1.807) is 23.6 Å². The van der Waals surface area contributed by atoms with Gasteiger partial charge in [0.25, 0.3) is 10.0 Å². The van der Waals surface area contributed by atoms with Gasteiger partial charge in [-0.1, -0.05) is 15.9 Å². The van der Waals surface area contributed by atoms with Crippen LogP contribution in [0.15, 0.2) is 39.0 Å². The van der Waals surface area contributed by atoms with Crippen molar-refractivity contribution in [1.82, 2.24) is 0 Å². The summed E-state index contributed by atoms with van der Waals surface area (Å²) in [7, 11) is -3.58. The minimum absolute atomic E-state index is 0.216. The summed E-state index contributed by atoms with van der Waals surface area (Å²) in [6.45, 7) is 2.12. The zero-order chi connectivity index (χ0) is 14.0. The van der Waals surface area contributed by atoms with Crippen LogP contribution in [0.3, 0.4) is 0 Å². The van der Waals surface area contributed by atoms with Crippen molar-refractivity contribution in [2.24, 2.45) is 5.73 Å². The van der Waals surface area contributed by atoms with Gasteiger partial charge in [0.2, 0.25) is 0 Å². The maximum Gasteiger partial charge on any atom is 0.263 e. The van der Waals surface area contributed by atoms with Crippen LogP contribution in [0.25, 0.3) is 0 Å². The molecular formula is C12H13BrN2O2S2. The Morgan fingerprint density at radius 1 is 1.37 bits per heavy atom. The van der Waals surface area contributed by atoms with E-state index in [0.717, 1.165) is 10.0 Å². The first-order valence-electron chi connectivity index (χ1n) is 5.49. The molecule has 0 spiro atoms. The average molecular weight is 361 g/mol. The number of halogens is 1. The lowest BCUT2D eigenvalue weighted by molar-refractivity contribution is 0.600. The predicted octanol–water partition coefficient (Wildman–Crippen LogP) is 3.08. The number of rotatable bonds is 4. The van der Waals surface area contributed by atoms with E-state index in [0.29, 0.717) is 10.6 Å². The van der Waals surface area contributed by atoms with Crippen molar-refractivity contribution < 1.29 is 8.42 Å². The van der Waals surface area contributed by atoms with Crippen LogP contribution in [0.2, 0.25) is 0 Å². The molecule has 0 bridgehead atoms. The Morgan fingerprint density at radius 2 is 2.11 bits per heavy atom. The quantitative estimate of drug-likeness (QED) is 0.879. The summed E-state index contributed by atoms with van der Waals surface area (Å²) in [5.74, 6) is 0. The first-order valence-corrected chi connectivity index (χ1v) is 8.65. The van der Waals surface area contributed by atoms with Crippen LogP contribution in [-0.2, 0) is 16.6 Å². The van der Waals surface area contributed by atoms with E-state index >= 15 is 0 Å². The normalized spacial score (nSPS) is 11.5. The molecule has 0 saturated heterocycles. The number of sulfonamides is 1. The Balaban J connectivity index is 2.34. The van der Waals surface area contributed by atoms with Crippen LogP contribution in [0, 0.1) is 6.92 Å². The zero-order valence-electron chi connectivity index (χ0n) is 10.2. The largest absolute Gasteiger partial charge is 0.326 e. The number of aryl methyl sites for hydroxylation is 1. The summed E-state index contributed by atoms with van der Waals surface area (Å²) in [6, 6.07) is 6.87. The molecule has 1 aromatic carbocycles. The van der Waals surface area contributed by atoms with E-state index < -0.39 is 10.0 Å². The maximum atomic E-state index is 12.3. The molecular weight excluding hydrogens is 348 g/mol. The van der Waals surface area contributed by atoms with Gasteiger partial charge >= 0.3 is 0 Å². The summed E-state index contributed by atoms with van der Waals surface area (Å²) < 4.78 is 28.0. The van der Waals surface area contributed by atoms with E-state index in [1.807, 2.05) is 13.0 Å².